The zero-order chi connectivity index (χ0) is 16.5. The van der Waals surface area contributed by atoms with Crippen molar-refractivity contribution in [3.8, 4) is 5.75 Å². The molecule has 0 atom stereocenters. The van der Waals surface area contributed by atoms with Crippen molar-refractivity contribution in [2.45, 2.75) is 32.2 Å². The van der Waals surface area contributed by atoms with E-state index in [0.717, 1.165) is 29.5 Å². The Morgan fingerprint density at radius 3 is 3.04 bits per heavy atom. The number of hydrogen-bond donors (Lipinski definition) is 0. The molecule has 0 saturated heterocycles. The number of benzene rings is 1. The van der Waals surface area contributed by atoms with Crippen LogP contribution in [0.3, 0.4) is 0 Å². The highest BCUT2D eigenvalue weighted by Crippen LogP contribution is 2.33. The standard InChI is InChI=1S/C18H17ClN2O2S/c19-12-4-3-5-13(10-12)23-9-8-21-11-20-17-16(18(21)22)14-6-1-2-7-15(14)24-17/h3-5,10-11H,1-2,6-9H2. The molecule has 0 bridgehead atoms. The highest BCUT2D eigenvalue weighted by molar-refractivity contribution is 7.18. The summed E-state index contributed by atoms with van der Waals surface area (Å²) < 4.78 is 7.33. The predicted molar refractivity (Wildman–Crippen MR) is 97.5 cm³/mol. The first-order valence-corrected chi connectivity index (χ1v) is 9.30. The van der Waals surface area contributed by atoms with Crippen LogP contribution < -0.4 is 10.3 Å². The number of fused-ring (bicyclic) bond motifs is 3. The fraction of sp³-hybridized carbons (Fsp3) is 0.333. The Morgan fingerprint density at radius 1 is 1.29 bits per heavy atom. The molecule has 1 aromatic carbocycles. The van der Waals surface area contributed by atoms with Crippen molar-refractivity contribution in [3.63, 3.8) is 0 Å². The number of thiophene rings is 1. The normalized spacial score (nSPS) is 13.9. The van der Waals surface area contributed by atoms with Gasteiger partial charge in [0.1, 0.15) is 17.2 Å². The molecule has 2 heterocycles. The van der Waals surface area contributed by atoms with E-state index in [0.29, 0.717) is 23.9 Å². The molecule has 0 radical (unpaired) electrons. The molecule has 0 N–H and O–H groups in total. The Labute approximate surface area is 148 Å². The van der Waals surface area contributed by atoms with Crippen LogP contribution in [0.25, 0.3) is 10.2 Å². The second-order valence-electron chi connectivity index (χ2n) is 5.94. The smallest absolute Gasteiger partial charge is 0.262 e. The SMILES string of the molecule is O=c1c2c3c(sc2ncn1CCOc1cccc(Cl)c1)CCCC3. The van der Waals surface area contributed by atoms with E-state index in [1.807, 2.05) is 12.1 Å². The molecule has 1 aliphatic rings. The van der Waals surface area contributed by atoms with Gasteiger partial charge in [0.05, 0.1) is 18.3 Å². The molecule has 4 nitrogen and oxygen atoms in total. The quantitative estimate of drug-likeness (QED) is 0.704. The van der Waals surface area contributed by atoms with Gasteiger partial charge in [-0.1, -0.05) is 17.7 Å². The highest BCUT2D eigenvalue weighted by atomic mass is 35.5. The molecule has 124 valence electrons. The van der Waals surface area contributed by atoms with Crippen LogP contribution in [-0.2, 0) is 19.4 Å². The van der Waals surface area contributed by atoms with Crippen LogP contribution >= 0.6 is 22.9 Å². The van der Waals surface area contributed by atoms with Crippen molar-refractivity contribution >= 4 is 33.2 Å². The average Bonchev–Trinajstić information content (AvgIpc) is 2.96. The third-order valence-electron chi connectivity index (χ3n) is 4.34. The largest absolute Gasteiger partial charge is 0.492 e. The maximum Gasteiger partial charge on any atom is 0.262 e. The Kier molecular flexibility index (Phi) is 4.29. The molecular weight excluding hydrogens is 344 g/mol. The second kappa shape index (κ2) is 6.57. The van der Waals surface area contributed by atoms with E-state index in [1.165, 1.54) is 16.9 Å². The zero-order valence-corrected chi connectivity index (χ0v) is 14.7. The number of ether oxygens (including phenoxy) is 1. The summed E-state index contributed by atoms with van der Waals surface area (Å²) in [6, 6.07) is 7.26. The maximum atomic E-state index is 12.8. The van der Waals surface area contributed by atoms with Gasteiger partial charge in [0, 0.05) is 9.90 Å². The second-order valence-corrected chi connectivity index (χ2v) is 7.46. The molecular formula is C18H17ClN2O2S. The van der Waals surface area contributed by atoms with Crippen LogP contribution in [0.5, 0.6) is 5.75 Å². The van der Waals surface area contributed by atoms with E-state index in [1.54, 1.807) is 34.4 Å². The van der Waals surface area contributed by atoms with Crippen LogP contribution in [-0.4, -0.2) is 16.2 Å². The first-order valence-electron chi connectivity index (χ1n) is 8.10. The molecule has 0 fully saturated rings. The summed E-state index contributed by atoms with van der Waals surface area (Å²) in [5, 5.41) is 1.46. The summed E-state index contributed by atoms with van der Waals surface area (Å²) in [7, 11) is 0. The molecule has 1 aliphatic carbocycles. The summed E-state index contributed by atoms with van der Waals surface area (Å²) in [6.07, 6.45) is 6.07. The minimum Gasteiger partial charge on any atom is -0.492 e. The van der Waals surface area contributed by atoms with Crippen molar-refractivity contribution in [2.24, 2.45) is 0 Å². The van der Waals surface area contributed by atoms with E-state index in [4.69, 9.17) is 16.3 Å². The van der Waals surface area contributed by atoms with Crippen LogP contribution in [0.2, 0.25) is 5.02 Å². The van der Waals surface area contributed by atoms with Crippen LogP contribution in [0, 0.1) is 0 Å². The Bertz CT molecular complexity index is 948. The number of nitrogens with zero attached hydrogens (tertiary/aromatic N) is 2. The average molecular weight is 361 g/mol. The van der Waals surface area contributed by atoms with Crippen molar-refractivity contribution in [3.05, 3.63) is 56.4 Å². The number of aromatic nitrogens is 2. The summed E-state index contributed by atoms with van der Waals surface area (Å²) >= 11 is 7.62. The molecule has 24 heavy (non-hydrogen) atoms. The van der Waals surface area contributed by atoms with E-state index in [9.17, 15) is 4.79 Å². The van der Waals surface area contributed by atoms with Crippen LogP contribution in [0.15, 0.2) is 35.4 Å². The molecule has 0 spiro atoms. The summed E-state index contributed by atoms with van der Waals surface area (Å²) in [6.45, 7) is 0.874. The minimum atomic E-state index is 0.0501. The minimum absolute atomic E-state index is 0.0501. The monoisotopic (exact) mass is 360 g/mol. The van der Waals surface area contributed by atoms with Gasteiger partial charge in [0.25, 0.3) is 5.56 Å². The summed E-state index contributed by atoms with van der Waals surface area (Å²) in [4.78, 5) is 19.5. The highest BCUT2D eigenvalue weighted by Gasteiger charge is 2.19. The van der Waals surface area contributed by atoms with Gasteiger partial charge in [-0.15, -0.1) is 11.3 Å². The molecule has 0 unspecified atom stereocenters. The van der Waals surface area contributed by atoms with Gasteiger partial charge in [-0.3, -0.25) is 9.36 Å². The third-order valence-corrected chi connectivity index (χ3v) is 5.77. The molecule has 0 aliphatic heterocycles. The fourth-order valence-corrected chi connectivity index (χ4v) is 4.56. The molecule has 4 rings (SSSR count). The maximum absolute atomic E-state index is 12.8. The molecule has 2 aromatic heterocycles. The third kappa shape index (κ3) is 2.94. The predicted octanol–water partition coefficient (Wildman–Crippen LogP) is 4.07. The van der Waals surface area contributed by atoms with Crippen LogP contribution in [0.1, 0.15) is 23.3 Å². The van der Waals surface area contributed by atoms with Gasteiger partial charge in [-0.05, 0) is 49.4 Å². The van der Waals surface area contributed by atoms with Gasteiger partial charge in [0.2, 0.25) is 0 Å². The van der Waals surface area contributed by atoms with Crippen molar-refractivity contribution in [1.82, 2.24) is 9.55 Å². The van der Waals surface area contributed by atoms with E-state index >= 15 is 0 Å². The summed E-state index contributed by atoms with van der Waals surface area (Å²) in [5.74, 6) is 0.706. The first kappa shape index (κ1) is 15.7. The van der Waals surface area contributed by atoms with Crippen molar-refractivity contribution < 1.29 is 4.74 Å². The zero-order valence-electron chi connectivity index (χ0n) is 13.1. The first-order chi connectivity index (χ1) is 11.7. The lowest BCUT2D eigenvalue weighted by Gasteiger charge is -2.11. The van der Waals surface area contributed by atoms with E-state index in [-0.39, 0.29) is 5.56 Å². The molecule has 0 amide bonds. The topological polar surface area (TPSA) is 44.1 Å². The number of hydrogen-bond acceptors (Lipinski definition) is 4. The van der Waals surface area contributed by atoms with E-state index < -0.39 is 0 Å². The van der Waals surface area contributed by atoms with Crippen molar-refractivity contribution in [2.75, 3.05) is 6.61 Å². The number of halogens is 1. The fourth-order valence-electron chi connectivity index (χ4n) is 3.16. The molecule has 0 saturated carbocycles. The lowest BCUT2D eigenvalue weighted by Crippen LogP contribution is -2.24. The van der Waals surface area contributed by atoms with Gasteiger partial charge in [-0.2, -0.15) is 0 Å². The lowest BCUT2D eigenvalue weighted by molar-refractivity contribution is 0.296. The van der Waals surface area contributed by atoms with Gasteiger partial charge >= 0.3 is 0 Å². The van der Waals surface area contributed by atoms with Crippen LogP contribution in [0.4, 0.5) is 0 Å². The van der Waals surface area contributed by atoms with Gasteiger partial charge in [0.15, 0.2) is 0 Å². The molecule has 6 heteroatoms. The Hall–Kier alpha value is -1.85. The molecule has 3 aromatic rings. The van der Waals surface area contributed by atoms with Gasteiger partial charge < -0.3 is 4.74 Å². The lowest BCUT2D eigenvalue weighted by atomic mass is 9.97. The Balaban J connectivity index is 1.56. The number of rotatable bonds is 4. The van der Waals surface area contributed by atoms with E-state index in [2.05, 4.69) is 4.98 Å². The number of aryl methyl sites for hydroxylation is 2. The summed E-state index contributed by atoms with van der Waals surface area (Å²) in [5.41, 5.74) is 1.28. The van der Waals surface area contributed by atoms with Gasteiger partial charge in [-0.25, -0.2) is 4.98 Å². The Morgan fingerprint density at radius 2 is 2.17 bits per heavy atom. The van der Waals surface area contributed by atoms with Crippen molar-refractivity contribution in [1.29, 1.82) is 0 Å².